The molecule has 1 aliphatic heterocycles. The Morgan fingerprint density at radius 3 is 2.77 bits per heavy atom. The van der Waals surface area contributed by atoms with Gasteiger partial charge in [0.1, 0.15) is 5.56 Å². The first-order valence-corrected chi connectivity index (χ1v) is 6.53. The Labute approximate surface area is 125 Å². The number of nitro benzene ring substituents is 1. The minimum Gasteiger partial charge on any atom is -0.450 e. The normalized spacial score (nSPS) is 20.7. The minimum atomic E-state index is -1.52. The lowest BCUT2D eigenvalue weighted by Crippen LogP contribution is -2.48. The maximum atomic E-state index is 12.7. The van der Waals surface area contributed by atoms with Crippen molar-refractivity contribution in [3.63, 3.8) is 0 Å². The van der Waals surface area contributed by atoms with Crippen molar-refractivity contribution in [1.82, 2.24) is 4.90 Å². The summed E-state index contributed by atoms with van der Waals surface area (Å²) in [4.78, 5) is 35.0. The van der Waals surface area contributed by atoms with Crippen molar-refractivity contribution in [3.8, 4) is 0 Å². The van der Waals surface area contributed by atoms with Gasteiger partial charge in [0.25, 0.3) is 11.6 Å². The molecule has 0 bridgehead atoms. The van der Waals surface area contributed by atoms with Crippen LogP contribution in [0.1, 0.15) is 30.1 Å². The van der Waals surface area contributed by atoms with Gasteiger partial charge in [0, 0.05) is 19.0 Å². The smallest absolute Gasteiger partial charge is 0.450 e. The molecule has 22 heavy (non-hydrogen) atoms. The molecule has 1 aromatic carbocycles. The van der Waals surface area contributed by atoms with Crippen LogP contribution in [0.5, 0.6) is 0 Å². The van der Waals surface area contributed by atoms with Crippen LogP contribution in [0.3, 0.4) is 0 Å². The average molecular weight is 309 g/mol. The fourth-order valence-electron chi connectivity index (χ4n) is 2.62. The average Bonchev–Trinajstić information content (AvgIpc) is 2.78. The molecule has 0 aliphatic carbocycles. The van der Waals surface area contributed by atoms with Crippen LogP contribution in [0.15, 0.2) is 18.2 Å². The van der Waals surface area contributed by atoms with Gasteiger partial charge in [-0.15, -0.1) is 0 Å². The van der Waals surface area contributed by atoms with Gasteiger partial charge in [-0.05, 0) is 19.4 Å². The molecule has 1 aromatic rings. The number of carbonyl (C=O) groups excluding carboxylic acids is 1. The van der Waals surface area contributed by atoms with Crippen molar-refractivity contribution in [2.24, 2.45) is 0 Å². The van der Waals surface area contributed by atoms with E-state index in [9.17, 15) is 19.7 Å². The molecule has 3 N–H and O–H groups in total. The van der Waals surface area contributed by atoms with Gasteiger partial charge in [-0.3, -0.25) is 14.9 Å². The molecule has 1 amide bonds. The molecule has 2 rings (SSSR count). The number of nitrogens with zero attached hydrogens (tertiary/aromatic N) is 2. The van der Waals surface area contributed by atoms with Crippen molar-refractivity contribution in [2.75, 3.05) is 12.3 Å². The number of carbonyl (C=O) groups is 2. The van der Waals surface area contributed by atoms with Crippen LogP contribution in [0.4, 0.5) is 16.2 Å². The first-order valence-electron chi connectivity index (χ1n) is 6.53. The van der Waals surface area contributed by atoms with Crippen molar-refractivity contribution >= 4 is 23.4 Å². The SMILES string of the molecule is CC1(OC(=O)O)CCCN1C(=O)c1c(N)cccc1[N+](=O)[O-]. The van der Waals surface area contributed by atoms with Gasteiger partial charge in [0.2, 0.25) is 0 Å². The molecule has 1 fully saturated rings. The number of nitrogens with two attached hydrogens (primary N) is 1. The Kier molecular flexibility index (Phi) is 3.89. The number of nitrogen functional groups attached to an aromatic ring is 1. The molecular weight excluding hydrogens is 294 g/mol. The maximum Gasteiger partial charge on any atom is 0.507 e. The molecule has 1 unspecified atom stereocenters. The highest BCUT2D eigenvalue weighted by atomic mass is 16.7. The Hall–Kier alpha value is -2.84. The highest BCUT2D eigenvalue weighted by Gasteiger charge is 2.45. The Bertz CT molecular complexity index is 647. The van der Waals surface area contributed by atoms with Crippen LogP contribution < -0.4 is 5.73 Å². The standard InChI is InChI=1S/C13H15N3O6/c1-13(22-12(18)19)6-3-7-15(13)11(17)10-8(14)4-2-5-9(10)16(20)21/h2,4-5H,3,6-7,14H2,1H3,(H,18,19). The van der Waals surface area contributed by atoms with Crippen molar-refractivity contribution < 1.29 is 24.4 Å². The van der Waals surface area contributed by atoms with E-state index in [1.165, 1.54) is 30.0 Å². The molecule has 0 saturated carbocycles. The van der Waals surface area contributed by atoms with E-state index in [4.69, 9.17) is 15.6 Å². The van der Waals surface area contributed by atoms with E-state index in [-0.39, 0.29) is 17.8 Å². The van der Waals surface area contributed by atoms with E-state index in [1.807, 2.05) is 0 Å². The number of ether oxygens (including phenoxy) is 1. The zero-order chi connectivity index (χ0) is 16.5. The van der Waals surface area contributed by atoms with Crippen LogP contribution >= 0.6 is 0 Å². The molecule has 1 aliphatic rings. The number of rotatable bonds is 3. The van der Waals surface area contributed by atoms with Crippen LogP contribution in [-0.4, -0.2) is 39.3 Å². The fraction of sp³-hybridized carbons (Fsp3) is 0.385. The van der Waals surface area contributed by atoms with Crippen molar-refractivity contribution in [2.45, 2.75) is 25.5 Å². The van der Waals surface area contributed by atoms with E-state index in [2.05, 4.69) is 0 Å². The summed E-state index contributed by atoms with van der Waals surface area (Å²) in [5, 5.41) is 19.9. The van der Waals surface area contributed by atoms with E-state index < -0.39 is 28.4 Å². The van der Waals surface area contributed by atoms with Crippen molar-refractivity contribution in [1.29, 1.82) is 0 Å². The fourth-order valence-corrected chi connectivity index (χ4v) is 2.62. The quantitative estimate of drug-likeness (QED) is 0.376. The summed E-state index contributed by atoms with van der Waals surface area (Å²) >= 11 is 0. The van der Waals surface area contributed by atoms with Gasteiger partial charge in [0.05, 0.1) is 10.6 Å². The second-order valence-electron chi connectivity index (χ2n) is 5.10. The highest BCUT2D eigenvalue weighted by Crippen LogP contribution is 2.35. The highest BCUT2D eigenvalue weighted by molar-refractivity contribution is 6.03. The molecule has 1 atom stereocenters. The van der Waals surface area contributed by atoms with Gasteiger partial charge in [0.15, 0.2) is 5.72 Å². The van der Waals surface area contributed by atoms with Gasteiger partial charge in [-0.25, -0.2) is 4.79 Å². The van der Waals surface area contributed by atoms with Gasteiger partial charge in [-0.1, -0.05) is 6.07 Å². The van der Waals surface area contributed by atoms with Gasteiger partial charge >= 0.3 is 6.16 Å². The molecule has 1 heterocycles. The lowest BCUT2D eigenvalue weighted by atomic mass is 10.1. The molecule has 9 heteroatoms. The molecule has 9 nitrogen and oxygen atoms in total. The predicted molar refractivity (Wildman–Crippen MR) is 75.3 cm³/mol. The second-order valence-corrected chi connectivity index (χ2v) is 5.10. The maximum absolute atomic E-state index is 12.7. The Morgan fingerprint density at radius 1 is 1.50 bits per heavy atom. The van der Waals surface area contributed by atoms with Crippen molar-refractivity contribution in [3.05, 3.63) is 33.9 Å². The molecule has 0 radical (unpaired) electrons. The first-order chi connectivity index (χ1) is 10.3. The summed E-state index contributed by atoms with van der Waals surface area (Å²) in [6.45, 7) is 1.69. The molecule has 1 saturated heterocycles. The second kappa shape index (κ2) is 5.51. The van der Waals surface area contributed by atoms with E-state index in [1.54, 1.807) is 0 Å². The zero-order valence-electron chi connectivity index (χ0n) is 11.8. The number of amides is 1. The largest absolute Gasteiger partial charge is 0.507 e. The monoisotopic (exact) mass is 309 g/mol. The summed E-state index contributed by atoms with van der Waals surface area (Å²) < 4.78 is 4.81. The number of hydrogen-bond donors (Lipinski definition) is 2. The zero-order valence-corrected chi connectivity index (χ0v) is 11.8. The summed E-state index contributed by atoms with van der Waals surface area (Å²) in [5.41, 5.74) is 3.63. The topological polar surface area (TPSA) is 136 Å². The minimum absolute atomic E-state index is 0.0382. The van der Waals surface area contributed by atoms with Crippen LogP contribution in [-0.2, 0) is 4.74 Å². The lowest BCUT2D eigenvalue weighted by Gasteiger charge is -2.33. The third kappa shape index (κ3) is 2.65. The summed E-state index contributed by atoms with van der Waals surface area (Å²) in [6, 6.07) is 3.93. The Balaban J connectivity index is 2.44. The van der Waals surface area contributed by atoms with Crippen LogP contribution in [0.25, 0.3) is 0 Å². The Morgan fingerprint density at radius 2 is 2.18 bits per heavy atom. The summed E-state index contributed by atoms with van der Waals surface area (Å²) in [5.74, 6) is -0.717. The number of likely N-dealkylation sites (tertiary alicyclic amines) is 1. The lowest BCUT2D eigenvalue weighted by molar-refractivity contribution is -0.385. The van der Waals surface area contributed by atoms with Crippen LogP contribution in [0.2, 0.25) is 0 Å². The first kappa shape index (κ1) is 15.5. The molecule has 118 valence electrons. The van der Waals surface area contributed by atoms with E-state index >= 15 is 0 Å². The van der Waals surface area contributed by atoms with Crippen LogP contribution in [0, 0.1) is 10.1 Å². The van der Waals surface area contributed by atoms with Gasteiger partial charge < -0.3 is 20.5 Å². The molecule has 0 aromatic heterocycles. The van der Waals surface area contributed by atoms with E-state index in [0.29, 0.717) is 12.8 Å². The number of anilines is 1. The molecular formula is C13H15N3O6. The number of benzene rings is 1. The summed E-state index contributed by atoms with van der Waals surface area (Å²) in [7, 11) is 0. The third-order valence-corrected chi connectivity index (χ3v) is 3.63. The van der Waals surface area contributed by atoms with Gasteiger partial charge in [-0.2, -0.15) is 0 Å². The predicted octanol–water partition coefficient (Wildman–Crippen LogP) is 1.82. The number of nitro groups is 1. The number of carboxylic acid groups (broad SMARTS) is 1. The number of hydrogen-bond acceptors (Lipinski definition) is 6. The molecule has 0 spiro atoms. The van der Waals surface area contributed by atoms with E-state index in [0.717, 1.165) is 0 Å². The summed E-state index contributed by atoms with van der Waals surface area (Å²) in [6.07, 6.45) is -0.681. The third-order valence-electron chi connectivity index (χ3n) is 3.63.